The Morgan fingerprint density at radius 2 is 1.97 bits per heavy atom. The van der Waals surface area contributed by atoms with Crippen LogP contribution in [0.15, 0.2) is 40.1 Å². The van der Waals surface area contributed by atoms with Crippen LogP contribution >= 0.6 is 0 Å². The summed E-state index contributed by atoms with van der Waals surface area (Å²) in [5.41, 5.74) is -0.339. The number of rotatable bonds is 13. The Labute approximate surface area is 192 Å². The number of ether oxygens (including phenoxy) is 2. The maximum atomic E-state index is 14.2. The number of aromatic amines is 1. The molecule has 0 aliphatic heterocycles. The smallest absolute Gasteiger partial charge is 0.330 e. The monoisotopic (exact) mass is 482 g/mol. The third kappa shape index (κ3) is 7.82. The fraction of sp³-hybridized carbons (Fsp3) is 0.565. The highest BCUT2D eigenvalue weighted by molar-refractivity contribution is 7.91. The van der Waals surface area contributed by atoms with E-state index in [-0.39, 0.29) is 48.8 Å². The lowest BCUT2D eigenvalue weighted by Gasteiger charge is -2.22. The summed E-state index contributed by atoms with van der Waals surface area (Å²) in [6, 6.07) is 5.80. The molecule has 2 aromatic rings. The van der Waals surface area contributed by atoms with Gasteiger partial charge >= 0.3 is 5.69 Å². The van der Waals surface area contributed by atoms with Crippen molar-refractivity contribution in [1.29, 1.82) is 0 Å². The van der Waals surface area contributed by atoms with E-state index in [4.69, 9.17) is 9.47 Å². The van der Waals surface area contributed by atoms with E-state index in [1.54, 1.807) is 12.1 Å². The second-order valence-corrected chi connectivity index (χ2v) is 11.1. The third-order valence-electron chi connectivity index (χ3n) is 5.66. The number of halogens is 1. The van der Waals surface area contributed by atoms with E-state index in [9.17, 15) is 22.4 Å². The SMILES string of the molecule is CC(C)[C@@H](CS(=O)(=O)CCCOCn1ccc(=O)[nH]c1=O)c1ccc(F)c(OCC2CC2)c1. The molecule has 1 aliphatic rings. The summed E-state index contributed by atoms with van der Waals surface area (Å²) in [6.45, 7) is 4.44. The van der Waals surface area contributed by atoms with Crippen molar-refractivity contribution in [1.82, 2.24) is 9.55 Å². The molecule has 1 N–H and O–H groups in total. The van der Waals surface area contributed by atoms with Crippen LogP contribution in [0.25, 0.3) is 0 Å². The van der Waals surface area contributed by atoms with E-state index in [1.165, 1.54) is 22.9 Å². The molecule has 3 rings (SSSR count). The third-order valence-corrected chi connectivity index (χ3v) is 7.44. The topological polar surface area (TPSA) is 107 Å². The number of sulfone groups is 1. The lowest BCUT2D eigenvalue weighted by Crippen LogP contribution is -2.29. The van der Waals surface area contributed by atoms with Gasteiger partial charge in [-0.1, -0.05) is 19.9 Å². The molecule has 1 atom stereocenters. The Morgan fingerprint density at radius 1 is 1.21 bits per heavy atom. The van der Waals surface area contributed by atoms with Crippen molar-refractivity contribution >= 4 is 9.84 Å². The molecule has 0 unspecified atom stereocenters. The first-order valence-corrected chi connectivity index (χ1v) is 13.0. The zero-order chi connectivity index (χ0) is 24.0. The van der Waals surface area contributed by atoms with Gasteiger partial charge in [0.1, 0.15) is 6.73 Å². The van der Waals surface area contributed by atoms with Gasteiger partial charge in [0.2, 0.25) is 0 Å². The molecular formula is C23H31FN2O6S. The van der Waals surface area contributed by atoms with Crippen LogP contribution < -0.4 is 16.0 Å². The highest BCUT2D eigenvalue weighted by Gasteiger charge is 2.26. The molecule has 0 spiro atoms. The van der Waals surface area contributed by atoms with Crippen molar-refractivity contribution in [2.75, 3.05) is 24.7 Å². The molecule has 33 heavy (non-hydrogen) atoms. The normalized spacial score (nSPS) is 15.0. The van der Waals surface area contributed by atoms with E-state index in [0.717, 1.165) is 18.4 Å². The van der Waals surface area contributed by atoms with Crippen molar-refractivity contribution in [2.45, 2.75) is 45.8 Å². The van der Waals surface area contributed by atoms with E-state index < -0.39 is 26.9 Å². The Morgan fingerprint density at radius 3 is 2.64 bits per heavy atom. The van der Waals surface area contributed by atoms with Gasteiger partial charge in [-0.05, 0) is 48.8 Å². The van der Waals surface area contributed by atoms with Crippen LogP contribution in [0, 0.1) is 17.7 Å². The van der Waals surface area contributed by atoms with E-state index in [2.05, 4.69) is 4.98 Å². The number of benzene rings is 1. The lowest BCUT2D eigenvalue weighted by molar-refractivity contribution is 0.0745. The Kier molecular flexibility index (Phi) is 8.47. The number of nitrogens with one attached hydrogen (secondary N) is 1. The van der Waals surface area contributed by atoms with Crippen molar-refractivity contribution in [3.05, 3.63) is 62.7 Å². The van der Waals surface area contributed by atoms with Gasteiger partial charge in [-0.25, -0.2) is 17.6 Å². The molecule has 1 heterocycles. The number of H-pyrrole nitrogens is 1. The fourth-order valence-corrected chi connectivity index (χ4v) is 5.32. The quantitative estimate of drug-likeness (QED) is 0.440. The largest absolute Gasteiger partial charge is 0.490 e. The van der Waals surface area contributed by atoms with Crippen LogP contribution in [0.4, 0.5) is 4.39 Å². The van der Waals surface area contributed by atoms with Gasteiger partial charge in [0.25, 0.3) is 5.56 Å². The van der Waals surface area contributed by atoms with Gasteiger partial charge in [-0.2, -0.15) is 0 Å². The second-order valence-electron chi connectivity index (χ2n) is 8.88. The zero-order valence-corrected chi connectivity index (χ0v) is 19.8. The predicted molar refractivity (Wildman–Crippen MR) is 123 cm³/mol. The number of hydrogen-bond donors (Lipinski definition) is 1. The minimum Gasteiger partial charge on any atom is -0.490 e. The van der Waals surface area contributed by atoms with Crippen LogP contribution in [0.5, 0.6) is 5.75 Å². The minimum absolute atomic E-state index is 0.0323. The number of aromatic nitrogens is 2. The molecule has 1 saturated carbocycles. The maximum absolute atomic E-state index is 14.2. The molecule has 0 radical (unpaired) electrons. The highest BCUT2D eigenvalue weighted by atomic mass is 32.2. The summed E-state index contributed by atoms with van der Waals surface area (Å²) < 4.78 is 51.9. The first kappa shape index (κ1) is 25.2. The summed E-state index contributed by atoms with van der Waals surface area (Å²) in [6.07, 6.45) is 3.78. The van der Waals surface area contributed by atoms with Crippen molar-refractivity contribution in [3.63, 3.8) is 0 Å². The molecule has 10 heteroatoms. The van der Waals surface area contributed by atoms with Gasteiger partial charge in [-0.3, -0.25) is 14.3 Å². The van der Waals surface area contributed by atoms with Crippen LogP contribution in [0.1, 0.15) is 44.6 Å². The number of nitrogens with zero attached hydrogens (tertiary/aromatic N) is 1. The molecule has 0 bridgehead atoms. The van der Waals surface area contributed by atoms with Crippen LogP contribution in [0.3, 0.4) is 0 Å². The van der Waals surface area contributed by atoms with E-state index in [1.807, 2.05) is 13.8 Å². The molecule has 182 valence electrons. The lowest BCUT2D eigenvalue weighted by atomic mass is 9.90. The van der Waals surface area contributed by atoms with E-state index >= 15 is 0 Å². The van der Waals surface area contributed by atoms with E-state index in [0.29, 0.717) is 12.5 Å². The Hall–Kier alpha value is -2.46. The average Bonchev–Trinajstić information content (AvgIpc) is 3.57. The highest BCUT2D eigenvalue weighted by Crippen LogP contribution is 2.33. The van der Waals surface area contributed by atoms with Crippen molar-refractivity contribution in [3.8, 4) is 5.75 Å². The minimum atomic E-state index is -3.40. The molecule has 1 aliphatic carbocycles. The molecule has 8 nitrogen and oxygen atoms in total. The summed E-state index contributed by atoms with van der Waals surface area (Å²) in [7, 11) is -3.40. The number of hydrogen-bond acceptors (Lipinski definition) is 6. The molecule has 0 amide bonds. The van der Waals surface area contributed by atoms with Gasteiger partial charge in [0, 0.05) is 24.8 Å². The molecule has 1 fully saturated rings. The Balaban J connectivity index is 1.54. The fourth-order valence-electron chi connectivity index (χ4n) is 3.47. The average molecular weight is 483 g/mol. The van der Waals surface area contributed by atoms with Crippen LogP contribution in [-0.4, -0.2) is 42.7 Å². The standard InChI is InChI=1S/C23H31FN2O6S/c1-16(2)19(18-6-7-20(24)21(12-18)32-13-17-4-5-17)14-33(29,30)11-3-10-31-15-26-9-8-22(27)25-23(26)28/h6-9,12,16-17,19H,3-5,10-11,13-15H2,1-2H3,(H,25,27,28)/t19-/m1/s1. The maximum Gasteiger partial charge on any atom is 0.330 e. The van der Waals surface area contributed by atoms with Crippen molar-refractivity contribution < 1.29 is 22.3 Å². The van der Waals surface area contributed by atoms with Gasteiger partial charge in [0.05, 0.1) is 18.1 Å². The first-order chi connectivity index (χ1) is 15.6. The summed E-state index contributed by atoms with van der Waals surface area (Å²) in [4.78, 5) is 24.8. The van der Waals surface area contributed by atoms with Gasteiger partial charge in [0.15, 0.2) is 21.4 Å². The molecule has 1 aromatic heterocycles. The van der Waals surface area contributed by atoms with Gasteiger partial charge in [-0.15, -0.1) is 0 Å². The molecule has 1 aromatic carbocycles. The Bertz CT molecular complexity index is 1150. The summed E-state index contributed by atoms with van der Waals surface area (Å²) >= 11 is 0. The van der Waals surface area contributed by atoms with Crippen LogP contribution in [-0.2, 0) is 21.3 Å². The molecule has 0 saturated heterocycles. The zero-order valence-electron chi connectivity index (χ0n) is 19.0. The molecular weight excluding hydrogens is 451 g/mol. The first-order valence-electron chi connectivity index (χ1n) is 11.1. The van der Waals surface area contributed by atoms with Crippen LogP contribution in [0.2, 0.25) is 0 Å². The van der Waals surface area contributed by atoms with Crippen molar-refractivity contribution in [2.24, 2.45) is 11.8 Å². The summed E-state index contributed by atoms with van der Waals surface area (Å²) in [5.74, 6) is -0.165. The predicted octanol–water partition coefficient (Wildman–Crippen LogP) is 2.68. The second kappa shape index (κ2) is 11.1. The van der Waals surface area contributed by atoms with Gasteiger partial charge < -0.3 is 9.47 Å². The summed E-state index contributed by atoms with van der Waals surface area (Å²) in [5, 5.41) is 0.